The summed E-state index contributed by atoms with van der Waals surface area (Å²) in [6, 6.07) is 17.6. The third-order valence-electron chi connectivity index (χ3n) is 6.92. The molecule has 3 atom stereocenters. The highest BCUT2D eigenvalue weighted by atomic mass is 32.2. The molecule has 212 valence electrons. The number of primary amides is 1. The highest BCUT2D eigenvalue weighted by Gasteiger charge is 2.42. The molecular formula is C28H26F2N6O4S. The van der Waals surface area contributed by atoms with Crippen LogP contribution in [0.1, 0.15) is 16.9 Å². The number of hydrogen-bond acceptors (Lipinski definition) is 6. The first-order valence-corrected chi connectivity index (χ1v) is 14.5. The van der Waals surface area contributed by atoms with Gasteiger partial charge in [0.15, 0.2) is 5.69 Å². The SMILES string of the molecule is CS(=N)(=O)c1cccc(-c2cccc(N(F)C(=O)[C@@H]3C[C@@H](F)CN3C(=O)Cn3nc(C(N)=O)c4ccccc43)c2)c1. The van der Waals surface area contributed by atoms with Crippen molar-refractivity contribution in [1.29, 1.82) is 4.78 Å². The highest BCUT2D eigenvalue weighted by Crippen LogP contribution is 2.30. The van der Waals surface area contributed by atoms with E-state index in [1.807, 2.05) is 0 Å². The van der Waals surface area contributed by atoms with Crippen molar-refractivity contribution in [1.82, 2.24) is 14.7 Å². The van der Waals surface area contributed by atoms with Gasteiger partial charge in [-0.2, -0.15) is 5.10 Å². The van der Waals surface area contributed by atoms with Crippen LogP contribution in [0.4, 0.5) is 14.6 Å². The molecule has 3 amide bonds. The Hall–Kier alpha value is -4.65. The number of halogens is 2. The molecule has 1 saturated heterocycles. The van der Waals surface area contributed by atoms with Crippen molar-refractivity contribution in [2.75, 3.05) is 17.9 Å². The number of carbonyl (C=O) groups excluding carboxylic acids is 3. The molecule has 1 aliphatic rings. The van der Waals surface area contributed by atoms with E-state index in [0.717, 1.165) is 4.90 Å². The first-order chi connectivity index (χ1) is 19.4. The fraction of sp³-hybridized carbons (Fsp3) is 0.214. The van der Waals surface area contributed by atoms with Crippen LogP contribution in [0.15, 0.2) is 77.7 Å². The van der Waals surface area contributed by atoms with Crippen molar-refractivity contribution in [3.05, 3.63) is 78.5 Å². The number of likely N-dealkylation sites (tertiary alicyclic amines) is 1. The van der Waals surface area contributed by atoms with Gasteiger partial charge >= 0.3 is 0 Å². The number of benzene rings is 3. The van der Waals surface area contributed by atoms with Gasteiger partial charge in [0.05, 0.1) is 27.5 Å². The minimum Gasteiger partial charge on any atom is -0.364 e. The van der Waals surface area contributed by atoms with Crippen molar-refractivity contribution < 1.29 is 27.5 Å². The number of nitrogens with zero attached hydrogens (tertiary/aromatic N) is 4. The maximum absolute atomic E-state index is 15.5. The van der Waals surface area contributed by atoms with Gasteiger partial charge in [0.1, 0.15) is 18.8 Å². The number of rotatable bonds is 7. The number of carbonyl (C=O) groups is 3. The average Bonchev–Trinajstić information content (AvgIpc) is 3.53. The van der Waals surface area contributed by atoms with Crippen LogP contribution in [0, 0.1) is 4.78 Å². The fourth-order valence-electron chi connectivity index (χ4n) is 4.93. The quantitative estimate of drug-likeness (QED) is 0.321. The zero-order valence-corrected chi connectivity index (χ0v) is 22.7. The largest absolute Gasteiger partial charge is 0.364 e. The van der Waals surface area contributed by atoms with E-state index in [2.05, 4.69) is 5.10 Å². The summed E-state index contributed by atoms with van der Waals surface area (Å²) in [6.07, 6.45) is -0.629. The van der Waals surface area contributed by atoms with Gasteiger partial charge in [-0.05, 0) is 41.5 Å². The van der Waals surface area contributed by atoms with Gasteiger partial charge < -0.3 is 10.6 Å². The molecule has 0 saturated carbocycles. The van der Waals surface area contributed by atoms with E-state index >= 15 is 4.48 Å². The molecule has 3 aromatic carbocycles. The molecule has 5 rings (SSSR count). The van der Waals surface area contributed by atoms with Gasteiger partial charge in [-0.3, -0.25) is 19.1 Å². The molecule has 0 radical (unpaired) electrons. The topological polar surface area (TPSA) is 142 Å². The smallest absolute Gasteiger partial charge is 0.277 e. The van der Waals surface area contributed by atoms with Gasteiger partial charge in [-0.1, -0.05) is 46.9 Å². The van der Waals surface area contributed by atoms with Gasteiger partial charge in [-0.15, -0.1) is 5.12 Å². The Labute approximate surface area is 234 Å². The molecule has 2 heterocycles. The van der Waals surface area contributed by atoms with Crippen molar-refractivity contribution in [3.63, 3.8) is 0 Å². The Morgan fingerprint density at radius 2 is 1.76 bits per heavy atom. The van der Waals surface area contributed by atoms with Gasteiger partial charge in [0.2, 0.25) is 5.91 Å². The summed E-state index contributed by atoms with van der Waals surface area (Å²) in [4.78, 5) is 39.6. The molecule has 10 nitrogen and oxygen atoms in total. The molecule has 1 aliphatic heterocycles. The first kappa shape index (κ1) is 27.9. The van der Waals surface area contributed by atoms with Crippen molar-refractivity contribution in [2.24, 2.45) is 5.73 Å². The summed E-state index contributed by atoms with van der Waals surface area (Å²) in [6.45, 7) is -0.819. The van der Waals surface area contributed by atoms with Crippen molar-refractivity contribution in [2.45, 2.75) is 30.1 Å². The Morgan fingerprint density at radius 3 is 2.46 bits per heavy atom. The first-order valence-electron chi connectivity index (χ1n) is 12.6. The van der Waals surface area contributed by atoms with Gasteiger partial charge in [-0.25, -0.2) is 13.4 Å². The summed E-state index contributed by atoms with van der Waals surface area (Å²) < 4.78 is 51.3. The fourth-order valence-corrected chi connectivity index (χ4v) is 5.62. The summed E-state index contributed by atoms with van der Waals surface area (Å²) in [5.74, 6) is -2.57. The van der Waals surface area contributed by atoms with Crippen LogP contribution in [0.25, 0.3) is 22.0 Å². The molecule has 1 unspecified atom stereocenters. The lowest BCUT2D eigenvalue weighted by Gasteiger charge is -2.25. The molecule has 4 aromatic rings. The van der Waals surface area contributed by atoms with Gasteiger partial charge in [0, 0.05) is 23.0 Å². The zero-order valence-electron chi connectivity index (χ0n) is 21.9. The molecule has 3 N–H and O–H groups in total. The molecular weight excluding hydrogens is 554 g/mol. The number of fused-ring (bicyclic) bond motifs is 1. The number of hydrogen-bond donors (Lipinski definition) is 2. The van der Waals surface area contributed by atoms with Crippen LogP contribution in [0.5, 0.6) is 0 Å². The Balaban J connectivity index is 1.38. The zero-order chi connectivity index (χ0) is 29.5. The normalized spacial score (nSPS) is 18.3. The second-order valence-electron chi connectivity index (χ2n) is 9.82. The van der Waals surface area contributed by atoms with E-state index in [-0.39, 0.29) is 22.9 Å². The summed E-state index contributed by atoms with van der Waals surface area (Å²) in [5.41, 5.74) is 6.76. The second-order valence-corrected chi connectivity index (χ2v) is 12.0. The van der Waals surface area contributed by atoms with Crippen LogP contribution < -0.4 is 10.9 Å². The minimum atomic E-state index is -2.98. The molecule has 1 aromatic heterocycles. The Kier molecular flexibility index (Phi) is 7.30. The molecule has 41 heavy (non-hydrogen) atoms. The third kappa shape index (κ3) is 5.53. The van der Waals surface area contributed by atoms with Crippen LogP contribution in [-0.4, -0.2) is 61.6 Å². The number of nitrogens with two attached hydrogens (primary N) is 1. The van der Waals surface area contributed by atoms with Gasteiger partial charge in [0.25, 0.3) is 11.8 Å². The van der Waals surface area contributed by atoms with Crippen molar-refractivity contribution >= 4 is 44.0 Å². The lowest BCUT2D eigenvalue weighted by atomic mass is 10.0. The summed E-state index contributed by atoms with van der Waals surface area (Å²) in [5, 5.41) is 4.46. The summed E-state index contributed by atoms with van der Waals surface area (Å²) in [7, 11) is -2.98. The van der Waals surface area contributed by atoms with E-state index in [0.29, 0.717) is 26.9 Å². The van der Waals surface area contributed by atoms with E-state index in [1.165, 1.54) is 29.1 Å². The average molecular weight is 581 g/mol. The van der Waals surface area contributed by atoms with Crippen molar-refractivity contribution in [3.8, 4) is 11.1 Å². The number of aromatic nitrogens is 2. The number of anilines is 1. The number of alkyl halides is 1. The standard InChI is InChI=1S/C28H26F2N6O4S/c1-41(32,40)21-9-5-7-18(13-21)17-6-4-8-20(12-17)36(30)28(39)24-14-19(29)15-34(24)25(37)16-35-23-11-3-2-10-22(23)26(33-35)27(31)38/h2-13,19,24,32H,14-16H2,1H3,(H2,31,38)/t19-,24+,41?/m1/s1. The number of para-hydroxylation sites is 1. The lowest BCUT2D eigenvalue weighted by molar-refractivity contribution is -0.139. The minimum absolute atomic E-state index is 0.0322. The predicted molar refractivity (Wildman–Crippen MR) is 149 cm³/mol. The lowest BCUT2D eigenvalue weighted by Crippen LogP contribution is -2.46. The van der Waals surface area contributed by atoms with E-state index < -0.39 is 52.8 Å². The van der Waals surface area contributed by atoms with Crippen LogP contribution >= 0.6 is 0 Å². The number of nitrogens with one attached hydrogen (secondary N) is 1. The molecule has 1 fully saturated rings. The maximum atomic E-state index is 15.5. The molecule has 13 heteroatoms. The Bertz CT molecular complexity index is 1790. The number of amides is 3. The summed E-state index contributed by atoms with van der Waals surface area (Å²) >= 11 is 0. The predicted octanol–water partition coefficient (Wildman–Crippen LogP) is 3.69. The van der Waals surface area contributed by atoms with Crippen LogP contribution in [0.3, 0.4) is 0 Å². The molecule has 0 bridgehead atoms. The Morgan fingerprint density at radius 1 is 1.07 bits per heavy atom. The molecule has 0 aliphatic carbocycles. The molecule has 0 spiro atoms. The van der Waals surface area contributed by atoms with E-state index in [9.17, 15) is 23.0 Å². The highest BCUT2D eigenvalue weighted by molar-refractivity contribution is 7.91. The second kappa shape index (κ2) is 10.7. The van der Waals surface area contributed by atoms with E-state index in [1.54, 1.807) is 54.6 Å². The van der Waals surface area contributed by atoms with Crippen LogP contribution in [-0.2, 0) is 25.9 Å². The van der Waals surface area contributed by atoms with Crippen LogP contribution in [0.2, 0.25) is 0 Å². The third-order valence-corrected chi connectivity index (χ3v) is 8.07. The maximum Gasteiger partial charge on any atom is 0.277 e. The van der Waals surface area contributed by atoms with E-state index in [4.69, 9.17) is 10.5 Å². The monoisotopic (exact) mass is 580 g/mol.